The lowest BCUT2D eigenvalue weighted by molar-refractivity contribution is 0.0683. The maximum Gasteiger partial charge on any atom is 0.254 e. The van der Waals surface area contributed by atoms with Crippen molar-refractivity contribution in [3.63, 3.8) is 0 Å². The predicted octanol–water partition coefficient (Wildman–Crippen LogP) is 4.69. The lowest BCUT2D eigenvalue weighted by atomic mass is 10.0. The van der Waals surface area contributed by atoms with Crippen molar-refractivity contribution >= 4 is 21.5 Å². The molecule has 1 aliphatic carbocycles. The van der Waals surface area contributed by atoms with E-state index < -0.39 is 9.84 Å². The molecular formula is C27H25NO4S. The molecule has 1 amide bonds. The lowest BCUT2D eigenvalue weighted by Crippen LogP contribution is -2.40. The van der Waals surface area contributed by atoms with Crippen molar-refractivity contribution in [1.82, 2.24) is 4.90 Å². The van der Waals surface area contributed by atoms with Crippen LogP contribution in [0.4, 0.5) is 0 Å². The molecule has 5 nitrogen and oxygen atoms in total. The van der Waals surface area contributed by atoms with E-state index in [0.717, 1.165) is 37.7 Å². The van der Waals surface area contributed by atoms with Crippen molar-refractivity contribution in [1.29, 1.82) is 0 Å². The minimum absolute atomic E-state index is 0.00354. The molecule has 2 aliphatic rings. The van der Waals surface area contributed by atoms with Crippen LogP contribution in [0.1, 0.15) is 57.5 Å². The molecule has 1 fully saturated rings. The van der Waals surface area contributed by atoms with Gasteiger partial charge >= 0.3 is 0 Å². The van der Waals surface area contributed by atoms with Crippen LogP contribution in [0.25, 0.3) is 0 Å². The van der Waals surface area contributed by atoms with Crippen LogP contribution in [0, 0.1) is 0 Å². The zero-order chi connectivity index (χ0) is 23.0. The first kappa shape index (κ1) is 21.6. The summed E-state index contributed by atoms with van der Waals surface area (Å²) in [5.74, 6) is -0.506. The first-order chi connectivity index (χ1) is 16.0. The summed E-state index contributed by atoms with van der Waals surface area (Å²) in [7, 11) is -3.88. The summed E-state index contributed by atoms with van der Waals surface area (Å²) in [5.41, 5.74) is 1.77. The number of hydrogen-bond donors (Lipinski definition) is 0. The highest BCUT2D eigenvalue weighted by molar-refractivity contribution is 7.91. The zero-order valence-corrected chi connectivity index (χ0v) is 19.1. The van der Waals surface area contributed by atoms with Gasteiger partial charge in [0.1, 0.15) is 0 Å². The molecule has 168 valence electrons. The number of amides is 1. The summed E-state index contributed by atoms with van der Waals surface area (Å²) in [6, 6.07) is 20.9. The molecule has 0 aromatic heterocycles. The summed E-state index contributed by atoms with van der Waals surface area (Å²) >= 11 is 0. The van der Waals surface area contributed by atoms with Crippen molar-refractivity contribution in [2.45, 2.75) is 47.9 Å². The molecule has 6 heteroatoms. The Kier molecular flexibility index (Phi) is 5.62. The van der Waals surface area contributed by atoms with E-state index in [1.54, 1.807) is 18.2 Å². The smallest absolute Gasteiger partial charge is 0.254 e. The number of rotatable bonds is 5. The summed E-state index contributed by atoms with van der Waals surface area (Å²) in [6.45, 7) is 0.569. The van der Waals surface area contributed by atoms with Gasteiger partial charge in [0.25, 0.3) is 5.91 Å². The number of hydrogen-bond acceptors (Lipinski definition) is 4. The normalized spacial score (nSPS) is 16.8. The second kappa shape index (κ2) is 8.60. The fraction of sp³-hybridized carbons (Fsp3) is 0.259. The van der Waals surface area contributed by atoms with Crippen LogP contribution in [0.3, 0.4) is 0 Å². The number of sulfone groups is 1. The Morgan fingerprint density at radius 1 is 0.848 bits per heavy atom. The van der Waals surface area contributed by atoms with Crippen LogP contribution in [0.5, 0.6) is 0 Å². The maximum atomic E-state index is 13.6. The van der Waals surface area contributed by atoms with E-state index in [2.05, 4.69) is 0 Å². The Labute approximate surface area is 194 Å². The molecule has 0 bridgehead atoms. The van der Waals surface area contributed by atoms with Crippen LogP contribution in [0.2, 0.25) is 0 Å². The first-order valence-corrected chi connectivity index (χ1v) is 12.8. The molecule has 3 aromatic carbocycles. The molecule has 0 unspecified atom stereocenters. The molecule has 0 N–H and O–H groups in total. The molecule has 1 saturated carbocycles. The highest BCUT2D eigenvalue weighted by Gasteiger charge is 2.36. The number of carbonyl (C=O) groups is 2. The van der Waals surface area contributed by atoms with Gasteiger partial charge < -0.3 is 4.90 Å². The van der Waals surface area contributed by atoms with E-state index in [1.807, 2.05) is 35.2 Å². The molecule has 1 heterocycles. The number of fused-ring (bicyclic) bond motifs is 2. The van der Waals surface area contributed by atoms with Gasteiger partial charge in [-0.15, -0.1) is 0 Å². The first-order valence-electron chi connectivity index (χ1n) is 11.3. The van der Waals surface area contributed by atoms with Gasteiger partial charge in [0.2, 0.25) is 9.84 Å². The van der Waals surface area contributed by atoms with Gasteiger partial charge in [0, 0.05) is 29.3 Å². The maximum absolute atomic E-state index is 13.6. The fourth-order valence-electron chi connectivity index (χ4n) is 4.94. The van der Waals surface area contributed by atoms with Crippen molar-refractivity contribution < 1.29 is 18.0 Å². The minimum atomic E-state index is -3.88. The second-order valence-corrected chi connectivity index (χ2v) is 10.6. The quantitative estimate of drug-likeness (QED) is 0.434. The van der Waals surface area contributed by atoms with Gasteiger partial charge in [-0.3, -0.25) is 9.59 Å². The third kappa shape index (κ3) is 3.89. The highest BCUT2D eigenvalue weighted by Crippen LogP contribution is 2.35. The summed E-state index contributed by atoms with van der Waals surface area (Å²) in [5, 5.41) is 0. The van der Waals surface area contributed by atoms with Gasteiger partial charge in [0.15, 0.2) is 5.78 Å². The standard InChI is InChI=1S/C27H25NO4S/c29-26-22-12-6-7-13-24(22)33(31,32)25-18-20(14-15-23(25)26)27(30)28(21-10-4-5-11-21)17-16-19-8-2-1-3-9-19/h1-3,6-9,12-15,18,21H,4-5,10-11,16-17H2. The average Bonchev–Trinajstić information content (AvgIpc) is 3.38. The number of nitrogens with zero attached hydrogens (tertiary/aromatic N) is 1. The number of carbonyl (C=O) groups excluding carboxylic acids is 2. The molecule has 0 atom stereocenters. The third-order valence-electron chi connectivity index (χ3n) is 6.69. The Morgan fingerprint density at radius 3 is 2.27 bits per heavy atom. The molecule has 1 aliphatic heterocycles. The zero-order valence-electron chi connectivity index (χ0n) is 18.2. The molecular weight excluding hydrogens is 434 g/mol. The van der Waals surface area contributed by atoms with Gasteiger partial charge in [0.05, 0.1) is 9.79 Å². The van der Waals surface area contributed by atoms with Crippen LogP contribution in [-0.2, 0) is 16.3 Å². The third-order valence-corrected chi connectivity index (χ3v) is 8.55. The Bertz CT molecular complexity index is 1330. The highest BCUT2D eigenvalue weighted by atomic mass is 32.2. The van der Waals surface area contributed by atoms with Crippen molar-refractivity contribution in [2.75, 3.05) is 6.54 Å². The average molecular weight is 460 g/mol. The minimum Gasteiger partial charge on any atom is -0.335 e. The second-order valence-electron chi connectivity index (χ2n) is 8.71. The van der Waals surface area contributed by atoms with E-state index in [9.17, 15) is 18.0 Å². The van der Waals surface area contributed by atoms with E-state index in [0.29, 0.717) is 12.1 Å². The molecule has 0 radical (unpaired) electrons. The largest absolute Gasteiger partial charge is 0.335 e. The van der Waals surface area contributed by atoms with Crippen LogP contribution >= 0.6 is 0 Å². The Hall–Kier alpha value is -3.25. The van der Waals surface area contributed by atoms with Crippen LogP contribution < -0.4 is 0 Å². The van der Waals surface area contributed by atoms with E-state index >= 15 is 0 Å². The Morgan fingerprint density at radius 2 is 1.52 bits per heavy atom. The summed E-state index contributed by atoms with van der Waals surface area (Å²) < 4.78 is 26.6. The van der Waals surface area contributed by atoms with Gasteiger partial charge in [-0.1, -0.05) is 55.3 Å². The van der Waals surface area contributed by atoms with Crippen molar-refractivity contribution in [3.8, 4) is 0 Å². The predicted molar refractivity (Wildman–Crippen MR) is 125 cm³/mol. The summed E-state index contributed by atoms with van der Waals surface area (Å²) in [4.78, 5) is 28.4. The van der Waals surface area contributed by atoms with E-state index in [1.165, 1.54) is 24.3 Å². The van der Waals surface area contributed by atoms with Gasteiger partial charge in [-0.05, 0) is 55.2 Å². The van der Waals surface area contributed by atoms with Crippen LogP contribution in [0.15, 0.2) is 82.6 Å². The molecule has 0 saturated heterocycles. The van der Waals surface area contributed by atoms with Gasteiger partial charge in [-0.25, -0.2) is 8.42 Å². The number of benzene rings is 3. The SMILES string of the molecule is O=C1c2ccccc2S(=O)(=O)c2cc(C(=O)N(CCc3ccccc3)C3CCCC3)ccc21. The molecule has 5 rings (SSSR count). The van der Waals surface area contributed by atoms with E-state index in [-0.39, 0.29) is 38.7 Å². The molecule has 0 spiro atoms. The molecule has 3 aromatic rings. The van der Waals surface area contributed by atoms with Gasteiger partial charge in [-0.2, -0.15) is 0 Å². The lowest BCUT2D eigenvalue weighted by Gasteiger charge is -2.30. The Balaban J connectivity index is 1.49. The van der Waals surface area contributed by atoms with Crippen molar-refractivity contribution in [2.24, 2.45) is 0 Å². The fourth-order valence-corrected chi connectivity index (χ4v) is 6.62. The summed E-state index contributed by atoms with van der Waals surface area (Å²) in [6.07, 6.45) is 4.82. The van der Waals surface area contributed by atoms with Crippen LogP contribution in [-0.4, -0.2) is 37.6 Å². The topological polar surface area (TPSA) is 71.5 Å². The monoisotopic (exact) mass is 459 g/mol. The van der Waals surface area contributed by atoms with E-state index in [4.69, 9.17) is 0 Å². The van der Waals surface area contributed by atoms with Crippen molar-refractivity contribution in [3.05, 3.63) is 95.1 Å². The number of ketones is 1. The molecule has 33 heavy (non-hydrogen) atoms.